The molecule has 29 valence electrons. The van der Waals surface area contributed by atoms with Crippen molar-refractivity contribution in [3.63, 3.8) is 0 Å². The zero-order chi connectivity index (χ0) is 3.58. The molecule has 0 aromatic carbocycles. The molecule has 0 saturated carbocycles. The molecule has 6 heavy (non-hydrogen) atoms. The molecule has 0 aliphatic heterocycles. The van der Waals surface area contributed by atoms with E-state index in [9.17, 15) is 0 Å². The minimum absolute atomic E-state index is 0. The van der Waals surface area contributed by atoms with Crippen LogP contribution in [0.5, 0.6) is 0 Å². The summed E-state index contributed by atoms with van der Waals surface area (Å²) in [6, 6.07) is 0. The van der Waals surface area contributed by atoms with Crippen LogP contribution in [0.15, 0.2) is 0 Å². The summed E-state index contributed by atoms with van der Waals surface area (Å²) in [4.78, 5) is 8.33. The van der Waals surface area contributed by atoms with Crippen LogP contribution < -0.4 is 10.2 Å². The average Bonchev–Trinajstić information content (AvgIpc) is 0.811. The first-order chi connectivity index (χ1) is 1.73. The molecule has 0 heterocycles. The molecule has 0 aliphatic rings. The third kappa shape index (κ3) is 174. The number of carboxylic acid groups (broad SMARTS) is 2. The first kappa shape index (κ1) is 16.0. The Kier molecular flexibility index (Phi) is 24.3. The van der Waals surface area contributed by atoms with Gasteiger partial charge in [0, 0.05) is 0 Å². The normalized spacial score (nSPS) is 4.00. The van der Waals surface area contributed by atoms with Crippen LogP contribution in [0.1, 0.15) is 0 Å². The van der Waals surface area contributed by atoms with Crippen molar-refractivity contribution in [2.24, 2.45) is 0 Å². The predicted molar refractivity (Wildman–Crippen MR) is 6.08 cm³/mol. The van der Waals surface area contributed by atoms with E-state index in [0.29, 0.717) is 0 Å². The summed E-state index contributed by atoms with van der Waals surface area (Å²) in [6.45, 7) is 0. The van der Waals surface area contributed by atoms with Gasteiger partial charge >= 0.3 is 46.3 Å². The molecule has 0 amide bonds. The van der Waals surface area contributed by atoms with Crippen molar-refractivity contribution in [2.75, 3.05) is 0 Å². The molecule has 5 heteroatoms. The van der Waals surface area contributed by atoms with Gasteiger partial charge < -0.3 is 15.0 Å². The molecule has 0 bridgehead atoms. The Bertz CT molecular complexity index is 30.5. The van der Waals surface area contributed by atoms with Crippen molar-refractivity contribution in [3.05, 3.63) is 0 Å². The maximum atomic E-state index is 8.33. The zero-order valence-corrected chi connectivity index (χ0v) is 5.84. The molecule has 0 fully saturated rings. The van der Waals surface area contributed by atoms with Gasteiger partial charge in [-0.1, -0.05) is 0 Å². The van der Waals surface area contributed by atoms with Crippen molar-refractivity contribution in [1.82, 2.24) is 0 Å². The summed E-state index contributed by atoms with van der Waals surface area (Å²) in [6.07, 6.45) is -2.33. The van der Waals surface area contributed by atoms with E-state index >= 15 is 0 Å². The first-order valence-electron chi connectivity index (χ1n) is 0.612. The number of rotatable bonds is 0. The van der Waals surface area contributed by atoms with E-state index in [2.05, 4.69) is 0 Å². The Morgan fingerprint density at radius 2 is 1.33 bits per heavy atom. The van der Waals surface area contributed by atoms with E-state index in [0.717, 1.165) is 0 Å². The van der Waals surface area contributed by atoms with Crippen molar-refractivity contribution >= 4 is 6.16 Å². The SMILES string of the molecule is O=C([O-])[O-].[Nd+3].[O+2]. The minimum atomic E-state index is -2.33. The molecule has 0 rings (SSSR count). The largest absolute Gasteiger partial charge is 3.00 e. The van der Waals surface area contributed by atoms with Crippen LogP contribution in [0.2, 0.25) is 0 Å². The molecular formula is CNdO4+3. The van der Waals surface area contributed by atoms with Crippen LogP contribution in [0.3, 0.4) is 0 Å². The zero-order valence-electron chi connectivity index (χ0n) is 2.63. The molecule has 4 nitrogen and oxygen atoms in total. The Balaban J connectivity index is -0.0000000450. The summed E-state index contributed by atoms with van der Waals surface area (Å²) in [5.74, 6) is 0. The van der Waals surface area contributed by atoms with Gasteiger partial charge in [0.25, 0.3) is 0 Å². The molecule has 0 aromatic rings. The van der Waals surface area contributed by atoms with Gasteiger partial charge in [0.1, 0.15) is 0 Å². The topological polar surface area (TPSA) is 91.7 Å². The number of carbonyl (C=O) groups is 1. The molecule has 0 atom stereocenters. The Morgan fingerprint density at radius 3 is 1.33 bits per heavy atom. The summed E-state index contributed by atoms with van der Waals surface area (Å²) in [7, 11) is 0. The Hall–Kier alpha value is 0.581. The van der Waals surface area contributed by atoms with Crippen molar-refractivity contribution in [3.8, 4) is 0 Å². The smallest absolute Gasteiger partial charge is 0.652 e. The number of hydrogen-bond acceptors (Lipinski definition) is 3. The van der Waals surface area contributed by atoms with E-state index in [-0.39, 0.29) is 46.3 Å². The molecule has 0 spiro atoms. The molecule has 0 saturated heterocycles. The second-order valence-corrected chi connectivity index (χ2v) is 0.250. The fraction of sp³-hybridized carbons (Fsp3) is 0. The predicted octanol–water partition coefficient (Wildman–Crippen LogP) is -2.57. The van der Waals surface area contributed by atoms with Gasteiger partial charge in [-0.3, -0.25) is 0 Å². The van der Waals surface area contributed by atoms with Gasteiger partial charge in [-0.05, 0) is 6.16 Å². The van der Waals surface area contributed by atoms with E-state index in [1.54, 1.807) is 0 Å². The molecule has 0 aliphatic carbocycles. The number of carbonyl (C=O) groups excluding carboxylic acids is 1. The standard InChI is InChI=1S/CH2O3.Nd.O/c2-1(3)4;;/h(H2,2,3,4);;/q;+3;+2/p-2. The fourth-order valence-corrected chi connectivity index (χ4v) is 0. The quantitative estimate of drug-likeness (QED) is 0.449. The average molecular weight is 220 g/mol. The van der Waals surface area contributed by atoms with Crippen LogP contribution in [-0.4, -0.2) is 6.16 Å². The van der Waals surface area contributed by atoms with Crippen molar-refractivity contribution < 1.29 is 61.3 Å². The summed E-state index contributed by atoms with van der Waals surface area (Å²) >= 11 is 0. The Labute approximate surface area is 67.0 Å². The van der Waals surface area contributed by atoms with E-state index in [4.69, 9.17) is 15.0 Å². The van der Waals surface area contributed by atoms with Crippen LogP contribution in [0.25, 0.3) is 0 Å². The molecular weight excluding hydrogens is 220 g/mol. The summed E-state index contributed by atoms with van der Waals surface area (Å²) in [5.41, 5.74) is 0. The van der Waals surface area contributed by atoms with Gasteiger partial charge in [-0.2, -0.15) is 0 Å². The van der Waals surface area contributed by atoms with E-state index < -0.39 is 6.16 Å². The fourth-order valence-electron chi connectivity index (χ4n) is 0. The molecule has 0 unspecified atom stereocenters. The number of hydrogen-bond donors (Lipinski definition) is 0. The van der Waals surface area contributed by atoms with Gasteiger partial charge in [0.05, 0.1) is 0 Å². The van der Waals surface area contributed by atoms with E-state index in [1.165, 1.54) is 0 Å². The maximum absolute atomic E-state index is 8.33. The van der Waals surface area contributed by atoms with Crippen molar-refractivity contribution in [2.45, 2.75) is 0 Å². The summed E-state index contributed by atoms with van der Waals surface area (Å²) < 4.78 is 0. The molecule has 5 radical (unpaired) electrons. The van der Waals surface area contributed by atoms with Gasteiger partial charge in [0.2, 0.25) is 0 Å². The summed E-state index contributed by atoms with van der Waals surface area (Å²) in [5, 5.41) is 16.7. The van der Waals surface area contributed by atoms with Gasteiger partial charge in [-0.15, -0.1) is 0 Å². The second-order valence-electron chi connectivity index (χ2n) is 0.250. The van der Waals surface area contributed by atoms with Crippen LogP contribution in [-0.2, 0) is 5.48 Å². The monoisotopic (exact) mass is 218 g/mol. The van der Waals surface area contributed by atoms with Crippen LogP contribution in [0.4, 0.5) is 4.79 Å². The minimum Gasteiger partial charge on any atom is -0.652 e. The third-order valence-electron chi connectivity index (χ3n) is 0. The van der Waals surface area contributed by atoms with Crippen LogP contribution >= 0.6 is 0 Å². The first-order valence-corrected chi connectivity index (χ1v) is 0.612. The van der Waals surface area contributed by atoms with Crippen LogP contribution in [0, 0.1) is 40.8 Å². The molecule has 0 aromatic heterocycles. The van der Waals surface area contributed by atoms with E-state index in [1.807, 2.05) is 0 Å². The Morgan fingerprint density at radius 1 is 1.33 bits per heavy atom. The van der Waals surface area contributed by atoms with Crippen molar-refractivity contribution in [1.29, 1.82) is 0 Å². The van der Waals surface area contributed by atoms with Gasteiger partial charge in [0.15, 0.2) is 0 Å². The second kappa shape index (κ2) is 9.13. The third-order valence-corrected chi connectivity index (χ3v) is 0. The maximum Gasteiger partial charge on any atom is 3.00 e. The molecule has 0 N–H and O–H groups in total. The van der Waals surface area contributed by atoms with Gasteiger partial charge in [-0.25, -0.2) is 0 Å².